The van der Waals surface area contributed by atoms with Gasteiger partial charge in [0.15, 0.2) is 6.29 Å². The molecule has 10 nitrogen and oxygen atoms in total. The highest BCUT2D eigenvalue weighted by Gasteiger charge is 2.44. The summed E-state index contributed by atoms with van der Waals surface area (Å²) in [5.74, 6) is 0.0549. The number of carbonyl (C=O) groups is 1. The number of nitrogens with one attached hydrogen (secondary N) is 1. The Kier molecular flexibility index (Phi) is 11.2. The average Bonchev–Trinajstić information content (AvgIpc) is 3.60. The Morgan fingerprint density at radius 2 is 1.76 bits per heavy atom. The Morgan fingerprint density at radius 1 is 1.05 bits per heavy atom. The molecule has 2 saturated heterocycles. The number of carbonyl (C=O) groups excluding carboxylic acids is 1. The van der Waals surface area contributed by atoms with Crippen molar-refractivity contribution < 1.29 is 37.6 Å². The molecular weight excluding hydrogens is 548 g/mol. The van der Waals surface area contributed by atoms with Gasteiger partial charge in [0.1, 0.15) is 6.10 Å². The molecule has 0 bridgehead atoms. The van der Waals surface area contributed by atoms with Crippen LogP contribution in [0, 0.1) is 11.8 Å². The second kappa shape index (κ2) is 14.6. The molecule has 2 aromatic rings. The number of aliphatic hydroxyl groups excluding tert-OH is 2. The fourth-order valence-corrected chi connectivity index (χ4v) is 6.91. The molecule has 0 saturated carbocycles. The summed E-state index contributed by atoms with van der Waals surface area (Å²) in [5, 5.41) is 23.7. The van der Waals surface area contributed by atoms with Crippen LogP contribution in [0.2, 0.25) is 0 Å². The number of alkyl carbamates (subject to hydrolysis) is 1. The minimum atomic E-state index is -3.98. The minimum absolute atomic E-state index is 0.0314. The van der Waals surface area contributed by atoms with Crippen LogP contribution in [0.3, 0.4) is 0 Å². The van der Waals surface area contributed by atoms with Gasteiger partial charge in [-0.1, -0.05) is 69.2 Å². The van der Waals surface area contributed by atoms with E-state index in [0.29, 0.717) is 12.2 Å². The molecule has 4 rings (SSSR count). The van der Waals surface area contributed by atoms with Crippen molar-refractivity contribution in [2.45, 2.75) is 75.6 Å². The van der Waals surface area contributed by atoms with E-state index in [-0.39, 0.29) is 55.7 Å². The molecule has 2 aliphatic rings. The SMILES string of the molecule is CCC(CC)CN(C[C@@H](O)[C@H](Cc1ccccc1)NC(=O)O[C@H]1CO[C@H]2OCC[C@H]21)S(=O)(=O)c1ccc(CO)cc1. The molecule has 0 aliphatic carbocycles. The second-order valence-electron chi connectivity index (χ2n) is 10.8. The number of hydrogen-bond acceptors (Lipinski definition) is 8. The van der Waals surface area contributed by atoms with Crippen LogP contribution in [0.15, 0.2) is 59.5 Å². The molecule has 3 N–H and O–H groups in total. The van der Waals surface area contributed by atoms with Crippen molar-refractivity contribution in [3.63, 3.8) is 0 Å². The number of amides is 1. The second-order valence-corrected chi connectivity index (χ2v) is 12.7. The lowest BCUT2D eigenvalue weighted by Crippen LogP contribution is -2.52. The summed E-state index contributed by atoms with van der Waals surface area (Å²) in [4.78, 5) is 13.1. The van der Waals surface area contributed by atoms with Crippen LogP contribution in [0.25, 0.3) is 0 Å². The smallest absolute Gasteiger partial charge is 0.407 e. The molecule has 226 valence electrons. The molecule has 0 spiro atoms. The summed E-state index contributed by atoms with van der Waals surface area (Å²) >= 11 is 0. The van der Waals surface area contributed by atoms with Gasteiger partial charge in [0.2, 0.25) is 10.0 Å². The van der Waals surface area contributed by atoms with E-state index in [4.69, 9.17) is 14.2 Å². The van der Waals surface area contributed by atoms with Crippen LogP contribution in [-0.4, -0.2) is 79.9 Å². The standard InChI is InChI=1S/C30H42N2O8S/c1-3-21(4-2)17-32(41(36,37)24-12-10-23(19-33)11-13-24)18-27(34)26(16-22-8-6-5-7-9-22)31-30(35)40-28-20-39-29-25(28)14-15-38-29/h5-13,21,25-29,33-34H,3-4,14-20H2,1-2H3,(H,31,35)/t25-,26-,27+,28-,29+/m0/s1. The van der Waals surface area contributed by atoms with Crippen molar-refractivity contribution in [1.82, 2.24) is 9.62 Å². The molecule has 1 amide bonds. The Balaban J connectivity index is 1.54. The predicted octanol–water partition coefficient (Wildman–Crippen LogP) is 3.07. The molecule has 2 fully saturated rings. The van der Waals surface area contributed by atoms with E-state index in [0.717, 1.165) is 24.8 Å². The first kappa shape index (κ1) is 31.4. The van der Waals surface area contributed by atoms with Gasteiger partial charge >= 0.3 is 6.09 Å². The maximum absolute atomic E-state index is 13.8. The third-order valence-electron chi connectivity index (χ3n) is 8.06. The number of nitrogens with zero attached hydrogens (tertiary/aromatic N) is 1. The normalized spacial score (nSPS) is 22.0. The first-order valence-electron chi connectivity index (χ1n) is 14.4. The summed E-state index contributed by atoms with van der Waals surface area (Å²) in [6.45, 7) is 4.62. The fraction of sp³-hybridized carbons (Fsp3) is 0.567. The Bertz CT molecular complexity index is 1210. The Hall–Kier alpha value is -2.54. The Labute approximate surface area is 242 Å². The van der Waals surface area contributed by atoms with Crippen LogP contribution in [0.1, 0.15) is 44.2 Å². The van der Waals surface area contributed by atoms with E-state index in [2.05, 4.69) is 5.32 Å². The van der Waals surface area contributed by atoms with E-state index in [9.17, 15) is 23.4 Å². The molecule has 2 heterocycles. The molecule has 0 unspecified atom stereocenters. The van der Waals surface area contributed by atoms with E-state index in [1.807, 2.05) is 44.2 Å². The topological polar surface area (TPSA) is 135 Å². The van der Waals surface area contributed by atoms with Gasteiger partial charge in [-0.25, -0.2) is 13.2 Å². The highest BCUT2D eigenvalue weighted by molar-refractivity contribution is 7.89. The zero-order chi connectivity index (χ0) is 29.4. The van der Waals surface area contributed by atoms with Crippen molar-refractivity contribution in [2.24, 2.45) is 11.8 Å². The summed E-state index contributed by atoms with van der Waals surface area (Å²) in [6, 6.07) is 14.6. The summed E-state index contributed by atoms with van der Waals surface area (Å²) in [6.07, 6.45) is -0.186. The number of aliphatic hydroxyl groups is 2. The van der Waals surface area contributed by atoms with Crippen molar-refractivity contribution >= 4 is 16.1 Å². The number of ether oxygens (including phenoxy) is 3. The van der Waals surface area contributed by atoms with Gasteiger partial charge in [-0.2, -0.15) is 4.31 Å². The van der Waals surface area contributed by atoms with Crippen LogP contribution in [0.5, 0.6) is 0 Å². The first-order chi connectivity index (χ1) is 19.7. The van der Waals surface area contributed by atoms with E-state index in [1.165, 1.54) is 16.4 Å². The van der Waals surface area contributed by atoms with Gasteiger partial charge in [0, 0.05) is 13.1 Å². The third kappa shape index (κ3) is 8.06. The number of sulfonamides is 1. The van der Waals surface area contributed by atoms with Crippen molar-refractivity contribution in [3.8, 4) is 0 Å². The fourth-order valence-electron chi connectivity index (χ4n) is 5.38. The lowest BCUT2D eigenvalue weighted by molar-refractivity contribution is -0.0907. The minimum Gasteiger partial charge on any atom is -0.443 e. The quantitative estimate of drug-likeness (QED) is 0.306. The highest BCUT2D eigenvalue weighted by atomic mass is 32.2. The lowest BCUT2D eigenvalue weighted by atomic mass is 10.0. The monoisotopic (exact) mass is 590 g/mol. The van der Waals surface area contributed by atoms with Crippen LogP contribution in [0.4, 0.5) is 4.79 Å². The Morgan fingerprint density at radius 3 is 2.41 bits per heavy atom. The molecular formula is C30H42N2O8S. The zero-order valence-corrected chi connectivity index (χ0v) is 24.5. The van der Waals surface area contributed by atoms with Gasteiger partial charge in [-0.3, -0.25) is 0 Å². The van der Waals surface area contributed by atoms with Gasteiger partial charge in [0.05, 0.1) is 42.8 Å². The van der Waals surface area contributed by atoms with E-state index >= 15 is 0 Å². The predicted molar refractivity (Wildman–Crippen MR) is 152 cm³/mol. The highest BCUT2D eigenvalue weighted by Crippen LogP contribution is 2.33. The van der Waals surface area contributed by atoms with Crippen molar-refractivity contribution in [2.75, 3.05) is 26.3 Å². The van der Waals surface area contributed by atoms with Gasteiger partial charge < -0.3 is 29.7 Å². The number of benzene rings is 2. The van der Waals surface area contributed by atoms with E-state index in [1.54, 1.807) is 12.1 Å². The number of fused-ring (bicyclic) bond motifs is 1. The molecule has 11 heteroatoms. The van der Waals surface area contributed by atoms with Crippen molar-refractivity contribution in [1.29, 1.82) is 0 Å². The lowest BCUT2D eigenvalue weighted by Gasteiger charge is -2.31. The molecule has 2 aromatic carbocycles. The van der Waals surface area contributed by atoms with Crippen LogP contribution >= 0.6 is 0 Å². The summed E-state index contributed by atoms with van der Waals surface area (Å²) < 4.78 is 45.7. The van der Waals surface area contributed by atoms with Crippen molar-refractivity contribution in [3.05, 3.63) is 65.7 Å². The maximum atomic E-state index is 13.8. The average molecular weight is 591 g/mol. The number of hydrogen-bond donors (Lipinski definition) is 3. The van der Waals surface area contributed by atoms with Crippen LogP contribution < -0.4 is 5.32 Å². The summed E-state index contributed by atoms with van der Waals surface area (Å²) in [5.41, 5.74) is 1.48. The third-order valence-corrected chi connectivity index (χ3v) is 9.91. The number of rotatable bonds is 14. The largest absolute Gasteiger partial charge is 0.443 e. The molecule has 2 aliphatic heterocycles. The zero-order valence-electron chi connectivity index (χ0n) is 23.7. The maximum Gasteiger partial charge on any atom is 0.407 e. The van der Waals surface area contributed by atoms with E-state index < -0.39 is 34.4 Å². The van der Waals surface area contributed by atoms with Crippen LogP contribution in [-0.2, 0) is 37.3 Å². The van der Waals surface area contributed by atoms with Gasteiger partial charge in [0.25, 0.3) is 0 Å². The molecule has 0 radical (unpaired) electrons. The molecule has 41 heavy (non-hydrogen) atoms. The summed E-state index contributed by atoms with van der Waals surface area (Å²) in [7, 11) is -3.98. The van der Waals surface area contributed by atoms with Gasteiger partial charge in [-0.05, 0) is 42.0 Å². The first-order valence-corrected chi connectivity index (χ1v) is 15.8. The van der Waals surface area contributed by atoms with Gasteiger partial charge in [-0.15, -0.1) is 0 Å². The molecule has 0 aromatic heterocycles. The molecule has 5 atom stereocenters.